The first-order chi connectivity index (χ1) is 8.91. The first kappa shape index (κ1) is 14.1. The van der Waals surface area contributed by atoms with Crippen LogP contribution in [0.2, 0.25) is 0 Å². The minimum Gasteiger partial charge on any atom is -0.367 e. The zero-order chi connectivity index (χ0) is 14.0. The first-order valence-corrected chi connectivity index (χ1v) is 7.16. The highest BCUT2D eigenvalue weighted by atomic mass is 15.1. The molecule has 0 atom stereocenters. The van der Waals surface area contributed by atoms with Crippen LogP contribution in [0.5, 0.6) is 0 Å². The fraction of sp³-hybridized carbons (Fsp3) is 0.529. The lowest BCUT2D eigenvalue weighted by molar-refractivity contribution is 0.472. The van der Waals surface area contributed by atoms with Crippen LogP contribution in [0.15, 0.2) is 29.8 Å². The topological polar surface area (TPSA) is 29.3 Å². The van der Waals surface area contributed by atoms with Crippen molar-refractivity contribution in [1.29, 1.82) is 0 Å². The van der Waals surface area contributed by atoms with E-state index >= 15 is 0 Å². The summed E-state index contributed by atoms with van der Waals surface area (Å²) in [7, 11) is 0. The molecule has 0 aliphatic carbocycles. The Morgan fingerprint density at radius 3 is 2.47 bits per heavy atom. The largest absolute Gasteiger partial charge is 0.367 e. The number of benzene rings is 1. The molecule has 0 fully saturated rings. The standard InChI is InChI=1S/C17H26N2/c1-13-11-16(6-5-14(13)12-18)19-9-7-15(8-10-19)17(2,3)4/h5-7,11H,8-10,12,18H2,1-4H3. The molecule has 0 amide bonds. The van der Waals surface area contributed by atoms with Gasteiger partial charge in [0.1, 0.15) is 0 Å². The van der Waals surface area contributed by atoms with Crippen LogP contribution in [-0.2, 0) is 6.54 Å². The van der Waals surface area contributed by atoms with Crippen molar-refractivity contribution in [2.45, 2.75) is 40.7 Å². The maximum absolute atomic E-state index is 5.72. The van der Waals surface area contributed by atoms with E-state index in [0.717, 1.165) is 13.1 Å². The molecule has 104 valence electrons. The van der Waals surface area contributed by atoms with Gasteiger partial charge in [-0.15, -0.1) is 0 Å². The van der Waals surface area contributed by atoms with Crippen LogP contribution in [0.1, 0.15) is 38.3 Å². The van der Waals surface area contributed by atoms with E-state index in [4.69, 9.17) is 5.73 Å². The first-order valence-electron chi connectivity index (χ1n) is 7.16. The summed E-state index contributed by atoms with van der Waals surface area (Å²) in [6, 6.07) is 6.62. The van der Waals surface area contributed by atoms with E-state index in [1.807, 2.05) is 0 Å². The third-order valence-corrected chi connectivity index (χ3v) is 4.08. The van der Waals surface area contributed by atoms with Gasteiger partial charge in [0.15, 0.2) is 0 Å². The molecule has 1 aromatic rings. The van der Waals surface area contributed by atoms with Crippen molar-refractivity contribution in [2.24, 2.45) is 11.1 Å². The van der Waals surface area contributed by atoms with Gasteiger partial charge in [0, 0.05) is 25.3 Å². The van der Waals surface area contributed by atoms with Crippen LogP contribution in [0.25, 0.3) is 0 Å². The molecule has 19 heavy (non-hydrogen) atoms. The number of hydrogen-bond donors (Lipinski definition) is 1. The maximum Gasteiger partial charge on any atom is 0.0371 e. The van der Waals surface area contributed by atoms with Gasteiger partial charge in [-0.2, -0.15) is 0 Å². The number of nitrogens with zero attached hydrogens (tertiary/aromatic N) is 1. The number of aryl methyl sites for hydroxylation is 1. The predicted octanol–water partition coefficient (Wildman–Crippen LogP) is 3.64. The molecule has 0 spiro atoms. The molecule has 2 rings (SSSR count). The molecule has 1 aromatic carbocycles. The third-order valence-electron chi connectivity index (χ3n) is 4.08. The second-order valence-electron chi connectivity index (χ2n) is 6.49. The lowest BCUT2D eigenvalue weighted by Gasteiger charge is -2.33. The normalized spacial score (nSPS) is 16.5. The van der Waals surface area contributed by atoms with E-state index in [0.29, 0.717) is 12.0 Å². The molecule has 2 nitrogen and oxygen atoms in total. The Kier molecular flexibility index (Phi) is 4.00. The molecular weight excluding hydrogens is 232 g/mol. The van der Waals surface area contributed by atoms with Crippen molar-refractivity contribution >= 4 is 5.69 Å². The van der Waals surface area contributed by atoms with E-state index in [9.17, 15) is 0 Å². The summed E-state index contributed by atoms with van der Waals surface area (Å²) < 4.78 is 0. The number of anilines is 1. The monoisotopic (exact) mass is 258 g/mol. The average molecular weight is 258 g/mol. The summed E-state index contributed by atoms with van der Waals surface area (Å²) in [5, 5.41) is 0. The van der Waals surface area contributed by atoms with Crippen molar-refractivity contribution in [3.63, 3.8) is 0 Å². The van der Waals surface area contributed by atoms with Gasteiger partial charge >= 0.3 is 0 Å². The highest BCUT2D eigenvalue weighted by Crippen LogP contribution is 2.31. The number of rotatable bonds is 2. The van der Waals surface area contributed by atoms with Crippen LogP contribution in [0, 0.1) is 12.3 Å². The molecule has 0 aromatic heterocycles. The summed E-state index contributed by atoms with van der Waals surface area (Å²) in [6.45, 7) is 11.8. The highest BCUT2D eigenvalue weighted by molar-refractivity contribution is 5.52. The predicted molar refractivity (Wildman–Crippen MR) is 83.4 cm³/mol. The van der Waals surface area contributed by atoms with E-state index in [2.05, 4.69) is 56.9 Å². The lowest BCUT2D eigenvalue weighted by atomic mass is 9.83. The summed E-state index contributed by atoms with van der Waals surface area (Å²) >= 11 is 0. The number of nitrogens with two attached hydrogens (primary N) is 1. The van der Waals surface area contributed by atoms with Crippen molar-refractivity contribution in [3.8, 4) is 0 Å². The molecule has 2 N–H and O–H groups in total. The van der Waals surface area contributed by atoms with E-state index in [-0.39, 0.29) is 0 Å². The molecule has 0 bridgehead atoms. The average Bonchev–Trinajstić information content (AvgIpc) is 2.38. The smallest absolute Gasteiger partial charge is 0.0371 e. The minimum absolute atomic E-state index is 0.311. The Labute approximate surface area is 117 Å². The zero-order valence-electron chi connectivity index (χ0n) is 12.7. The molecule has 1 heterocycles. The van der Waals surface area contributed by atoms with Gasteiger partial charge in [-0.1, -0.05) is 38.5 Å². The van der Waals surface area contributed by atoms with Gasteiger partial charge in [-0.05, 0) is 42.0 Å². The molecule has 1 aliphatic rings. The summed E-state index contributed by atoms with van der Waals surface area (Å²) in [4.78, 5) is 2.45. The molecule has 0 saturated carbocycles. The van der Waals surface area contributed by atoms with E-state index in [1.165, 1.54) is 23.2 Å². The van der Waals surface area contributed by atoms with Gasteiger partial charge in [-0.25, -0.2) is 0 Å². The van der Waals surface area contributed by atoms with Gasteiger partial charge in [0.05, 0.1) is 0 Å². The Morgan fingerprint density at radius 2 is 2.00 bits per heavy atom. The van der Waals surface area contributed by atoms with Gasteiger partial charge < -0.3 is 10.6 Å². The fourth-order valence-electron chi connectivity index (χ4n) is 2.69. The second kappa shape index (κ2) is 5.38. The molecule has 2 heteroatoms. The molecule has 0 saturated heterocycles. The Hall–Kier alpha value is -1.28. The van der Waals surface area contributed by atoms with Crippen LogP contribution in [0.4, 0.5) is 5.69 Å². The van der Waals surface area contributed by atoms with Crippen molar-refractivity contribution in [3.05, 3.63) is 41.0 Å². The van der Waals surface area contributed by atoms with Gasteiger partial charge in [0.2, 0.25) is 0 Å². The SMILES string of the molecule is Cc1cc(N2CC=C(C(C)(C)C)CC2)ccc1CN. The number of hydrogen-bond acceptors (Lipinski definition) is 2. The molecular formula is C17H26N2. The van der Waals surface area contributed by atoms with Crippen molar-refractivity contribution < 1.29 is 0 Å². The Morgan fingerprint density at radius 1 is 1.26 bits per heavy atom. The van der Waals surface area contributed by atoms with Crippen molar-refractivity contribution in [2.75, 3.05) is 18.0 Å². The Bertz CT molecular complexity index is 481. The van der Waals surface area contributed by atoms with Gasteiger partial charge in [-0.3, -0.25) is 0 Å². The fourth-order valence-corrected chi connectivity index (χ4v) is 2.69. The zero-order valence-corrected chi connectivity index (χ0v) is 12.7. The quantitative estimate of drug-likeness (QED) is 0.821. The van der Waals surface area contributed by atoms with E-state index < -0.39 is 0 Å². The minimum atomic E-state index is 0.311. The molecule has 0 radical (unpaired) electrons. The second-order valence-corrected chi connectivity index (χ2v) is 6.49. The van der Waals surface area contributed by atoms with Crippen LogP contribution >= 0.6 is 0 Å². The summed E-state index contributed by atoms with van der Waals surface area (Å²) in [5.74, 6) is 0. The summed E-state index contributed by atoms with van der Waals surface area (Å²) in [5.41, 5.74) is 11.5. The molecule has 1 aliphatic heterocycles. The van der Waals surface area contributed by atoms with Gasteiger partial charge in [0.25, 0.3) is 0 Å². The lowest BCUT2D eigenvalue weighted by Crippen LogP contribution is -2.31. The third kappa shape index (κ3) is 3.19. The Balaban J connectivity index is 2.14. The van der Waals surface area contributed by atoms with Crippen LogP contribution < -0.4 is 10.6 Å². The van der Waals surface area contributed by atoms with Crippen LogP contribution in [0.3, 0.4) is 0 Å². The van der Waals surface area contributed by atoms with Crippen molar-refractivity contribution in [1.82, 2.24) is 0 Å². The molecule has 0 unspecified atom stereocenters. The maximum atomic E-state index is 5.72. The highest BCUT2D eigenvalue weighted by Gasteiger charge is 2.21. The van der Waals surface area contributed by atoms with Crippen LogP contribution in [-0.4, -0.2) is 13.1 Å². The van der Waals surface area contributed by atoms with E-state index in [1.54, 1.807) is 5.57 Å². The summed E-state index contributed by atoms with van der Waals surface area (Å²) in [6.07, 6.45) is 3.57.